The molecule has 0 radical (unpaired) electrons. The lowest BCUT2D eigenvalue weighted by Gasteiger charge is -1.95. The lowest BCUT2D eigenvalue weighted by molar-refractivity contribution is -0.137. The first-order valence-electron chi connectivity index (χ1n) is 12.2. The van der Waals surface area contributed by atoms with Gasteiger partial charge in [0.15, 0.2) is 5.78 Å². The molecule has 0 amide bonds. The van der Waals surface area contributed by atoms with Crippen LogP contribution in [0, 0.1) is 0 Å². The number of Topliss-reactive ketones (excluding diaryl/α,β-unsaturated/α-hetero) is 1. The van der Waals surface area contributed by atoms with Crippen LogP contribution >= 0.6 is 0 Å². The first-order chi connectivity index (χ1) is 19.2. The molecule has 7 nitrogen and oxygen atoms in total. The summed E-state index contributed by atoms with van der Waals surface area (Å²) in [4.78, 5) is 41.1. The molecule has 0 saturated heterocycles. The molecule has 0 aliphatic carbocycles. The molecule has 4 aromatic carbocycles. The minimum absolute atomic E-state index is 0.121. The molecular weight excluding hydrogens is 508 g/mol. The van der Waals surface area contributed by atoms with Crippen LogP contribution in [0.4, 0.5) is 0 Å². The van der Waals surface area contributed by atoms with Gasteiger partial charge in [-0.3, -0.25) is 9.59 Å². The van der Waals surface area contributed by atoms with Gasteiger partial charge in [-0.15, -0.1) is 0 Å². The zero-order valence-electron chi connectivity index (χ0n) is 22.1. The largest absolute Gasteiger partial charge is 0.481 e. The maximum Gasteiger partial charge on any atom is 0.335 e. The molecule has 0 aliphatic rings. The molecule has 0 fully saturated rings. The Balaban J connectivity index is 0.000000268. The number of rotatable bonds is 7. The fourth-order valence-electron chi connectivity index (χ4n) is 2.88. The van der Waals surface area contributed by atoms with Crippen molar-refractivity contribution < 1.29 is 34.5 Å². The summed E-state index contributed by atoms with van der Waals surface area (Å²) in [6.45, 7) is 1.56. The first kappa shape index (κ1) is 32.7. The fourth-order valence-corrected chi connectivity index (χ4v) is 2.88. The number of carbonyl (C=O) groups excluding carboxylic acids is 1. The average molecular weight is 541 g/mol. The quantitative estimate of drug-likeness (QED) is 0.174. The summed E-state index contributed by atoms with van der Waals surface area (Å²) in [7, 11) is 0. The van der Waals surface area contributed by atoms with E-state index in [9.17, 15) is 19.2 Å². The predicted molar refractivity (Wildman–Crippen MR) is 155 cm³/mol. The molecule has 0 spiro atoms. The minimum Gasteiger partial charge on any atom is -0.481 e. The van der Waals surface area contributed by atoms with Crippen molar-refractivity contribution in [2.45, 2.75) is 19.8 Å². The summed E-state index contributed by atoms with van der Waals surface area (Å²) >= 11 is 0. The van der Waals surface area contributed by atoms with Gasteiger partial charge >= 0.3 is 17.9 Å². The SMILES string of the molecule is CC(=O)c1ccccc1.O=C(O)C=Cc1ccccc1.O=C(O)CCc1ccccc1.O=C(O)c1ccccc1. The van der Waals surface area contributed by atoms with Crippen LogP contribution in [0.5, 0.6) is 0 Å². The molecule has 0 heterocycles. The number of carboxylic acid groups (broad SMARTS) is 3. The van der Waals surface area contributed by atoms with Gasteiger partial charge in [0, 0.05) is 18.1 Å². The number of benzene rings is 4. The normalized spacial score (nSPS) is 9.43. The molecule has 0 unspecified atom stereocenters. The Hall–Kier alpha value is -5.30. The topological polar surface area (TPSA) is 129 Å². The summed E-state index contributed by atoms with van der Waals surface area (Å²) in [5.41, 5.74) is 3.08. The van der Waals surface area contributed by atoms with E-state index in [4.69, 9.17) is 15.3 Å². The summed E-state index contributed by atoms with van der Waals surface area (Å²) in [6.07, 6.45) is 3.51. The number of aromatic carboxylic acids is 1. The lowest BCUT2D eigenvalue weighted by Crippen LogP contribution is -1.96. The van der Waals surface area contributed by atoms with Crippen molar-refractivity contribution in [3.63, 3.8) is 0 Å². The molecule has 206 valence electrons. The molecule has 0 saturated carbocycles. The molecule has 0 atom stereocenters. The predicted octanol–water partition coefficient (Wildman–Crippen LogP) is 6.76. The van der Waals surface area contributed by atoms with Gasteiger partial charge < -0.3 is 15.3 Å². The highest BCUT2D eigenvalue weighted by atomic mass is 16.4. The number of carbonyl (C=O) groups is 4. The van der Waals surface area contributed by atoms with Crippen LogP contribution in [0.15, 0.2) is 127 Å². The third-order valence-electron chi connectivity index (χ3n) is 4.89. The van der Waals surface area contributed by atoms with E-state index in [0.717, 1.165) is 22.8 Å². The van der Waals surface area contributed by atoms with Gasteiger partial charge in [-0.1, -0.05) is 109 Å². The summed E-state index contributed by atoms with van der Waals surface area (Å²) in [5, 5.41) is 25.0. The van der Waals surface area contributed by atoms with Gasteiger partial charge in [-0.05, 0) is 42.7 Å². The van der Waals surface area contributed by atoms with Crippen LogP contribution in [0.3, 0.4) is 0 Å². The van der Waals surface area contributed by atoms with E-state index in [0.29, 0.717) is 12.0 Å². The van der Waals surface area contributed by atoms with E-state index < -0.39 is 17.9 Å². The van der Waals surface area contributed by atoms with Crippen LogP contribution in [0.2, 0.25) is 0 Å². The second-order valence-electron chi connectivity index (χ2n) is 8.05. The minimum atomic E-state index is -0.922. The number of hydrogen-bond donors (Lipinski definition) is 3. The Bertz CT molecular complexity index is 1270. The maximum atomic E-state index is 10.6. The summed E-state index contributed by atoms with van der Waals surface area (Å²) in [6, 6.07) is 36.4. The Labute approximate surface area is 233 Å². The number of aryl methyl sites for hydroxylation is 1. The average Bonchev–Trinajstić information content (AvgIpc) is 2.98. The Morgan fingerprint density at radius 3 is 1.38 bits per heavy atom. The van der Waals surface area contributed by atoms with Crippen molar-refractivity contribution in [3.05, 3.63) is 150 Å². The highest BCUT2D eigenvalue weighted by Crippen LogP contribution is 2.02. The zero-order chi connectivity index (χ0) is 29.6. The van der Waals surface area contributed by atoms with Crippen molar-refractivity contribution in [2.24, 2.45) is 0 Å². The molecule has 0 bridgehead atoms. The van der Waals surface area contributed by atoms with Crippen molar-refractivity contribution in [1.29, 1.82) is 0 Å². The molecule has 4 rings (SSSR count). The highest BCUT2D eigenvalue weighted by molar-refractivity contribution is 5.93. The van der Waals surface area contributed by atoms with Crippen LogP contribution < -0.4 is 0 Å². The molecule has 0 aliphatic heterocycles. The van der Waals surface area contributed by atoms with E-state index in [2.05, 4.69) is 0 Å². The van der Waals surface area contributed by atoms with Gasteiger partial charge in [0.2, 0.25) is 0 Å². The van der Waals surface area contributed by atoms with Crippen LogP contribution in [0.25, 0.3) is 6.08 Å². The summed E-state index contributed by atoms with van der Waals surface area (Å²) in [5.74, 6) is -2.42. The van der Waals surface area contributed by atoms with Gasteiger partial charge in [0.1, 0.15) is 0 Å². The number of hydrogen-bond acceptors (Lipinski definition) is 4. The number of aliphatic carboxylic acids is 2. The molecule has 4 aromatic rings. The van der Waals surface area contributed by atoms with Crippen LogP contribution in [0.1, 0.15) is 45.2 Å². The Morgan fingerprint density at radius 1 is 0.600 bits per heavy atom. The van der Waals surface area contributed by atoms with E-state index >= 15 is 0 Å². The van der Waals surface area contributed by atoms with E-state index in [1.807, 2.05) is 91.0 Å². The smallest absolute Gasteiger partial charge is 0.335 e. The number of ketones is 1. The van der Waals surface area contributed by atoms with Crippen molar-refractivity contribution >= 4 is 29.8 Å². The maximum absolute atomic E-state index is 10.6. The van der Waals surface area contributed by atoms with E-state index in [1.165, 1.54) is 0 Å². The third kappa shape index (κ3) is 16.4. The van der Waals surface area contributed by atoms with Crippen LogP contribution in [-0.2, 0) is 16.0 Å². The standard InChI is InChI=1S/C9H10O2.C9H8O2.C8H8O.C7H6O2/c2*10-9(11)7-6-8-4-2-1-3-5-8;1-7(9)8-5-3-2-4-6-8;8-7(9)6-4-2-1-3-5-6/h1-5H,6-7H2,(H,10,11);1-7H,(H,10,11);2-6H,1H3;1-5H,(H,8,9). The second kappa shape index (κ2) is 19.8. The highest BCUT2D eigenvalue weighted by Gasteiger charge is 1.97. The fraction of sp³-hybridized carbons (Fsp3) is 0.0909. The van der Waals surface area contributed by atoms with Gasteiger partial charge in [0.25, 0.3) is 0 Å². The first-order valence-corrected chi connectivity index (χ1v) is 12.2. The number of carboxylic acids is 3. The third-order valence-corrected chi connectivity index (χ3v) is 4.89. The van der Waals surface area contributed by atoms with Gasteiger partial charge in [-0.2, -0.15) is 0 Å². The Kier molecular flexibility index (Phi) is 16.2. The van der Waals surface area contributed by atoms with Gasteiger partial charge in [0.05, 0.1) is 5.56 Å². The molecular formula is C33H32O7. The van der Waals surface area contributed by atoms with Crippen molar-refractivity contribution in [2.75, 3.05) is 0 Å². The Morgan fingerprint density at radius 2 is 1.02 bits per heavy atom. The molecule has 0 aromatic heterocycles. The molecule has 7 heteroatoms. The monoisotopic (exact) mass is 540 g/mol. The summed E-state index contributed by atoms with van der Waals surface area (Å²) < 4.78 is 0. The van der Waals surface area contributed by atoms with Gasteiger partial charge in [-0.25, -0.2) is 9.59 Å². The molecule has 3 N–H and O–H groups in total. The van der Waals surface area contributed by atoms with Crippen molar-refractivity contribution in [3.8, 4) is 0 Å². The lowest BCUT2D eigenvalue weighted by atomic mass is 10.1. The van der Waals surface area contributed by atoms with Crippen molar-refractivity contribution in [1.82, 2.24) is 0 Å². The second-order valence-corrected chi connectivity index (χ2v) is 8.05. The van der Waals surface area contributed by atoms with E-state index in [-0.39, 0.29) is 12.2 Å². The van der Waals surface area contributed by atoms with E-state index in [1.54, 1.807) is 43.3 Å². The molecule has 40 heavy (non-hydrogen) atoms. The zero-order valence-corrected chi connectivity index (χ0v) is 22.1. The van der Waals surface area contributed by atoms with Crippen LogP contribution in [-0.4, -0.2) is 39.0 Å².